The summed E-state index contributed by atoms with van der Waals surface area (Å²) in [5.74, 6) is -0.762. The molecule has 1 atom stereocenters. The highest BCUT2D eigenvalue weighted by molar-refractivity contribution is 7.89. The number of benzene rings is 2. The van der Waals surface area contributed by atoms with Crippen molar-refractivity contribution in [2.75, 3.05) is 13.1 Å². The molecule has 2 aliphatic rings. The van der Waals surface area contributed by atoms with Crippen LogP contribution in [0.15, 0.2) is 59.5 Å². The lowest BCUT2D eigenvalue weighted by molar-refractivity contribution is -0.131. The van der Waals surface area contributed by atoms with Crippen LogP contribution in [-0.2, 0) is 26.0 Å². The van der Waals surface area contributed by atoms with Gasteiger partial charge in [0.05, 0.1) is 16.5 Å². The van der Waals surface area contributed by atoms with Crippen molar-refractivity contribution < 1.29 is 18.0 Å². The fourth-order valence-corrected chi connectivity index (χ4v) is 5.56. The molecule has 2 amide bonds. The van der Waals surface area contributed by atoms with Crippen molar-refractivity contribution in [1.82, 2.24) is 14.9 Å². The van der Waals surface area contributed by atoms with Gasteiger partial charge in [-0.05, 0) is 55.5 Å². The molecule has 1 aliphatic heterocycles. The van der Waals surface area contributed by atoms with Crippen LogP contribution < -0.4 is 10.6 Å². The van der Waals surface area contributed by atoms with Gasteiger partial charge in [-0.2, -0.15) is 9.57 Å². The first-order valence-corrected chi connectivity index (χ1v) is 13.0. The van der Waals surface area contributed by atoms with Crippen molar-refractivity contribution in [2.24, 2.45) is 5.92 Å². The van der Waals surface area contributed by atoms with Crippen LogP contribution in [-0.4, -0.2) is 49.7 Å². The number of nitrogens with one attached hydrogen (secondary N) is 2. The smallest absolute Gasteiger partial charge is 0.243 e. The number of nitrogens with zero attached hydrogens (tertiary/aromatic N) is 2. The summed E-state index contributed by atoms with van der Waals surface area (Å²) in [5.41, 5.74) is 1.35. The number of amides is 2. The van der Waals surface area contributed by atoms with E-state index in [9.17, 15) is 18.0 Å². The highest BCUT2D eigenvalue weighted by Crippen LogP contribution is 2.25. The average Bonchev–Trinajstić information content (AvgIpc) is 3.68. The second-order valence-electron chi connectivity index (χ2n) is 8.85. The van der Waals surface area contributed by atoms with Gasteiger partial charge in [0.2, 0.25) is 21.8 Å². The van der Waals surface area contributed by atoms with Crippen LogP contribution in [0.2, 0.25) is 0 Å². The molecule has 2 fully saturated rings. The van der Waals surface area contributed by atoms with Gasteiger partial charge in [0.15, 0.2) is 0 Å². The molecule has 1 saturated carbocycles. The Morgan fingerprint density at radius 3 is 2.24 bits per heavy atom. The van der Waals surface area contributed by atoms with E-state index in [1.165, 1.54) is 28.6 Å². The van der Waals surface area contributed by atoms with Crippen LogP contribution >= 0.6 is 0 Å². The molecule has 8 nitrogen and oxygen atoms in total. The molecule has 1 aliphatic carbocycles. The molecule has 0 bridgehead atoms. The van der Waals surface area contributed by atoms with Gasteiger partial charge in [-0.1, -0.05) is 30.3 Å². The Morgan fingerprint density at radius 1 is 1.00 bits per heavy atom. The number of carbonyl (C=O) groups excluding carboxylic acids is 2. The minimum absolute atomic E-state index is 0.133. The first kappa shape index (κ1) is 23.9. The third kappa shape index (κ3) is 5.82. The van der Waals surface area contributed by atoms with Crippen molar-refractivity contribution in [3.05, 3.63) is 65.7 Å². The third-order valence-corrected chi connectivity index (χ3v) is 8.20. The Morgan fingerprint density at radius 2 is 1.65 bits per heavy atom. The molecule has 2 N–H and O–H groups in total. The Kier molecular flexibility index (Phi) is 7.29. The zero-order valence-electron chi connectivity index (χ0n) is 18.8. The molecule has 0 radical (unpaired) electrons. The minimum Gasteiger partial charge on any atom is -0.352 e. The molecular weight excluding hydrogens is 452 g/mol. The van der Waals surface area contributed by atoms with Crippen LogP contribution in [0.1, 0.15) is 36.8 Å². The SMILES string of the molecule is N#Cc1ccc(S(=O)(=O)N2CCC(C(=O)NC(Cc3ccccc3)C(=O)NC3CC3)CC2)cc1. The normalized spacial score (nSPS) is 18.0. The van der Waals surface area contributed by atoms with Gasteiger partial charge in [0.25, 0.3) is 0 Å². The van der Waals surface area contributed by atoms with E-state index in [4.69, 9.17) is 5.26 Å². The molecular formula is C25H28N4O4S. The van der Waals surface area contributed by atoms with Gasteiger partial charge in [-0.3, -0.25) is 9.59 Å². The Balaban J connectivity index is 1.37. The van der Waals surface area contributed by atoms with Crippen LogP contribution in [0.25, 0.3) is 0 Å². The third-order valence-electron chi connectivity index (χ3n) is 6.29. The van der Waals surface area contributed by atoms with E-state index in [1.807, 2.05) is 36.4 Å². The van der Waals surface area contributed by atoms with Gasteiger partial charge in [-0.25, -0.2) is 8.42 Å². The summed E-state index contributed by atoms with van der Waals surface area (Å²) in [6.45, 7) is 0.441. The Hall–Kier alpha value is -3.22. The second-order valence-corrected chi connectivity index (χ2v) is 10.8. The maximum absolute atomic E-state index is 13.0. The summed E-state index contributed by atoms with van der Waals surface area (Å²) < 4.78 is 27.2. The Labute approximate surface area is 200 Å². The topological polar surface area (TPSA) is 119 Å². The molecule has 1 saturated heterocycles. The first-order valence-electron chi connectivity index (χ1n) is 11.5. The Bertz CT molecular complexity index is 1160. The summed E-state index contributed by atoms with van der Waals surface area (Å²) in [6.07, 6.45) is 3.08. The second kappa shape index (κ2) is 10.4. The largest absolute Gasteiger partial charge is 0.352 e. The summed E-state index contributed by atoms with van der Waals surface area (Å²) >= 11 is 0. The van der Waals surface area contributed by atoms with E-state index < -0.39 is 16.1 Å². The van der Waals surface area contributed by atoms with Crippen LogP contribution in [0, 0.1) is 17.2 Å². The lowest BCUT2D eigenvalue weighted by atomic mass is 9.96. The van der Waals surface area contributed by atoms with E-state index >= 15 is 0 Å². The number of piperidine rings is 1. The fourth-order valence-electron chi connectivity index (χ4n) is 4.09. The molecule has 2 aromatic carbocycles. The lowest BCUT2D eigenvalue weighted by Crippen LogP contribution is -2.51. The molecule has 1 unspecified atom stereocenters. The number of rotatable bonds is 8. The van der Waals surface area contributed by atoms with E-state index in [-0.39, 0.29) is 41.8 Å². The number of hydrogen-bond acceptors (Lipinski definition) is 5. The first-order chi connectivity index (χ1) is 16.4. The molecule has 34 heavy (non-hydrogen) atoms. The highest BCUT2D eigenvalue weighted by Gasteiger charge is 2.34. The van der Waals surface area contributed by atoms with E-state index in [0.29, 0.717) is 24.8 Å². The zero-order chi connectivity index (χ0) is 24.1. The molecule has 0 aromatic heterocycles. The van der Waals surface area contributed by atoms with Crippen molar-refractivity contribution in [1.29, 1.82) is 5.26 Å². The maximum Gasteiger partial charge on any atom is 0.243 e. The monoisotopic (exact) mass is 480 g/mol. The number of nitriles is 1. The highest BCUT2D eigenvalue weighted by atomic mass is 32.2. The van der Waals surface area contributed by atoms with E-state index in [0.717, 1.165) is 18.4 Å². The zero-order valence-corrected chi connectivity index (χ0v) is 19.6. The van der Waals surface area contributed by atoms with Gasteiger partial charge in [0, 0.05) is 31.5 Å². The lowest BCUT2D eigenvalue weighted by Gasteiger charge is -2.31. The van der Waals surface area contributed by atoms with Crippen LogP contribution in [0.3, 0.4) is 0 Å². The van der Waals surface area contributed by atoms with Crippen molar-refractivity contribution in [3.63, 3.8) is 0 Å². The molecule has 9 heteroatoms. The van der Waals surface area contributed by atoms with Crippen molar-refractivity contribution >= 4 is 21.8 Å². The minimum atomic E-state index is -3.69. The molecule has 178 valence electrons. The van der Waals surface area contributed by atoms with Crippen molar-refractivity contribution in [2.45, 2.75) is 49.1 Å². The summed E-state index contributed by atoms with van der Waals surface area (Å²) in [4.78, 5) is 25.9. The molecule has 2 aromatic rings. The summed E-state index contributed by atoms with van der Waals surface area (Å²) in [7, 11) is -3.69. The summed E-state index contributed by atoms with van der Waals surface area (Å²) in [6, 6.07) is 16.9. The van der Waals surface area contributed by atoms with E-state index in [2.05, 4.69) is 10.6 Å². The molecule has 0 spiro atoms. The number of sulfonamides is 1. The fraction of sp³-hybridized carbons (Fsp3) is 0.400. The predicted molar refractivity (Wildman–Crippen MR) is 126 cm³/mol. The average molecular weight is 481 g/mol. The van der Waals surface area contributed by atoms with Gasteiger partial charge < -0.3 is 10.6 Å². The van der Waals surface area contributed by atoms with Gasteiger partial charge >= 0.3 is 0 Å². The van der Waals surface area contributed by atoms with Crippen LogP contribution in [0.4, 0.5) is 0 Å². The number of carbonyl (C=O) groups is 2. The van der Waals surface area contributed by atoms with E-state index in [1.54, 1.807) is 0 Å². The number of hydrogen-bond donors (Lipinski definition) is 2. The molecule has 4 rings (SSSR count). The quantitative estimate of drug-likeness (QED) is 0.599. The van der Waals surface area contributed by atoms with Gasteiger partial charge in [-0.15, -0.1) is 0 Å². The molecule has 1 heterocycles. The summed E-state index contributed by atoms with van der Waals surface area (Å²) in [5, 5.41) is 14.8. The maximum atomic E-state index is 13.0. The standard InChI is InChI=1S/C25H28N4O4S/c26-17-19-6-10-22(11-7-19)34(32,33)29-14-12-20(13-15-29)24(30)28-23(25(31)27-21-8-9-21)16-18-4-2-1-3-5-18/h1-7,10-11,20-21,23H,8-9,12-16H2,(H,27,31)(H,28,30). The predicted octanol–water partition coefficient (Wildman–Crippen LogP) is 1.97. The van der Waals surface area contributed by atoms with Crippen LogP contribution in [0.5, 0.6) is 0 Å². The van der Waals surface area contributed by atoms with Gasteiger partial charge in [0.1, 0.15) is 6.04 Å². The van der Waals surface area contributed by atoms with Crippen molar-refractivity contribution in [3.8, 4) is 6.07 Å².